The van der Waals surface area contributed by atoms with Crippen LogP contribution in [0.4, 0.5) is 4.79 Å². The SMILES string of the molecule is O=C(NCc1ccc(Cl)s1)N[C@H]1CCCC12CCOCC2. The van der Waals surface area contributed by atoms with Gasteiger partial charge in [0.1, 0.15) is 0 Å². The number of hydrogen-bond acceptors (Lipinski definition) is 3. The van der Waals surface area contributed by atoms with Crippen molar-refractivity contribution in [3.8, 4) is 0 Å². The number of carbonyl (C=O) groups is 1. The maximum atomic E-state index is 12.1. The Morgan fingerprint density at radius 2 is 2.19 bits per heavy atom. The summed E-state index contributed by atoms with van der Waals surface area (Å²) < 4.78 is 6.23. The van der Waals surface area contributed by atoms with E-state index < -0.39 is 0 Å². The monoisotopic (exact) mass is 328 g/mol. The fourth-order valence-electron chi connectivity index (χ4n) is 3.56. The molecule has 0 unspecified atom stereocenters. The van der Waals surface area contributed by atoms with Crippen LogP contribution < -0.4 is 10.6 Å². The molecule has 2 aliphatic rings. The Bertz CT molecular complexity index is 500. The molecule has 2 amide bonds. The molecule has 1 saturated carbocycles. The number of nitrogens with one attached hydrogen (secondary N) is 2. The molecule has 2 N–H and O–H groups in total. The minimum absolute atomic E-state index is 0.0720. The fourth-order valence-corrected chi connectivity index (χ4v) is 4.59. The zero-order chi connectivity index (χ0) is 14.7. The lowest BCUT2D eigenvalue weighted by molar-refractivity contribution is 0.00624. The van der Waals surface area contributed by atoms with E-state index in [0.717, 1.165) is 41.7 Å². The summed E-state index contributed by atoms with van der Waals surface area (Å²) >= 11 is 7.39. The second-order valence-electron chi connectivity index (χ2n) is 5.95. The zero-order valence-electron chi connectivity index (χ0n) is 12.0. The molecular formula is C15H21ClN2O2S. The highest BCUT2D eigenvalue weighted by Gasteiger charge is 2.44. The summed E-state index contributed by atoms with van der Waals surface area (Å²) in [6, 6.07) is 4.02. The first-order valence-electron chi connectivity index (χ1n) is 7.54. The normalized spacial score (nSPS) is 24.1. The highest BCUT2D eigenvalue weighted by molar-refractivity contribution is 7.16. The van der Waals surface area contributed by atoms with E-state index in [1.54, 1.807) is 0 Å². The van der Waals surface area contributed by atoms with Gasteiger partial charge in [-0.15, -0.1) is 11.3 Å². The van der Waals surface area contributed by atoms with E-state index in [4.69, 9.17) is 16.3 Å². The first-order chi connectivity index (χ1) is 10.2. The Balaban J connectivity index is 1.51. The smallest absolute Gasteiger partial charge is 0.315 e. The third-order valence-electron chi connectivity index (χ3n) is 4.75. The van der Waals surface area contributed by atoms with Gasteiger partial charge in [0.25, 0.3) is 0 Å². The third-order valence-corrected chi connectivity index (χ3v) is 5.98. The summed E-state index contributed by atoms with van der Waals surface area (Å²) in [7, 11) is 0. The molecule has 1 aromatic heterocycles. The first kappa shape index (κ1) is 15.1. The predicted octanol–water partition coefficient (Wildman–Crippen LogP) is 3.55. The van der Waals surface area contributed by atoms with Gasteiger partial charge in [-0.25, -0.2) is 4.79 Å². The number of hydrogen-bond donors (Lipinski definition) is 2. The van der Waals surface area contributed by atoms with Crippen molar-refractivity contribution in [2.75, 3.05) is 13.2 Å². The van der Waals surface area contributed by atoms with Crippen LogP contribution in [0.15, 0.2) is 12.1 Å². The highest BCUT2D eigenvalue weighted by Crippen LogP contribution is 2.45. The molecule has 116 valence electrons. The number of thiophene rings is 1. The van der Waals surface area contributed by atoms with Gasteiger partial charge < -0.3 is 15.4 Å². The van der Waals surface area contributed by atoms with Crippen LogP contribution in [0.2, 0.25) is 4.34 Å². The highest BCUT2D eigenvalue weighted by atomic mass is 35.5. The van der Waals surface area contributed by atoms with E-state index in [1.165, 1.54) is 24.2 Å². The summed E-state index contributed by atoms with van der Waals surface area (Å²) in [4.78, 5) is 13.2. The van der Waals surface area contributed by atoms with E-state index >= 15 is 0 Å². The average molecular weight is 329 g/mol. The molecule has 6 heteroatoms. The number of rotatable bonds is 3. The lowest BCUT2D eigenvalue weighted by Crippen LogP contribution is -2.50. The van der Waals surface area contributed by atoms with Crippen molar-refractivity contribution in [1.29, 1.82) is 0 Å². The van der Waals surface area contributed by atoms with Gasteiger partial charge >= 0.3 is 6.03 Å². The van der Waals surface area contributed by atoms with Crippen LogP contribution in [0.3, 0.4) is 0 Å². The number of ether oxygens (including phenoxy) is 1. The van der Waals surface area contributed by atoms with Gasteiger partial charge in [-0.2, -0.15) is 0 Å². The van der Waals surface area contributed by atoms with Crippen LogP contribution in [0.5, 0.6) is 0 Å². The standard InChI is InChI=1S/C15H21ClN2O2S/c16-13-4-3-11(21-13)10-17-14(19)18-12-2-1-5-15(12)6-8-20-9-7-15/h3-4,12H,1-2,5-10H2,(H2,17,18,19)/t12-/m0/s1. The largest absolute Gasteiger partial charge is 0.381 e. The molecule has 2 heterocycles. The molecule has 0 radical (unpaired) electrons. The van der Waals surface area contributed by atoms with Crippen LogP contribution in [-0.4, -0.2) is 25.3 Å². The molecule has 2 fully saturated rings. The molecule has 21 heavy (non-hydrogen) atoms. The molecule has 3 rings (SSSR count). The summed E-state index contributed by atoms with van der Waals surface area (Å²) in [6.45, 7) is 2.19. The van der Waals surface area contributed by atoms with E-state index in [1.807, 2.05) is 12.1 Å². The maximum Gasteiger partial charge on any atom is 0.315 e. The molecule has 4 nitrogen and oxygen atoms in total. The van der Waals surface area contributed by atoms with Gasteiger partial charge in [0, 0.05) is 24.1 Å². The van der Waals surface area contributed by atoms with Gasteiger partial charge in [-0.1, -0.05) is 18.0 Å². The predicted molar refractivity (Wildman–Crippen MR) is 84.8 cm³/mol. The van der Waals surface area contributed by atoms with Crippen molar-refractivity contribution in [2.24, 2.45) is 5.41 Å². The molecule has 1 atom stereocenters. The molecule has 1 aliphatic heterocycles. The number of halogens is 1. The van der Waals surface area contributed by atoms with E-state index in [-0.39, 0.29) is 17.5 Å². The fraction of sp³-hybridized carbons (Fsp3) is 0.667. The molecule has 0 aromatic carbocycles. The van der Waals surface area contributed by atoms with Gasteiger partial charge in [0.05, 0.1) is 10.9 Å². The van der Waals surface area contributed by atoms with Crippen LogP contribution >= 0.6 is 22.9 Å². The lowest BCUT2D eigenvalue weighted by Gasteiger charge is -2.39. The summed E-state index contributed by atoms with van der Waals surface area (Å²) in [5.41, 5.74) is 0.266. The lowest BCUT2D eigenvalue weighted by atomic mass is 9.75. The van der Waals surface area contributed by atoms with Gasteiger partial charge in [-0.05, 0) is 43.2 Å². The Morgan fingerprint density at radius 3 is 2.90 bits per heavy atom. The second kappa shape index (κ2) is 6.55. The number of urea groups is 1. The Kier molecular flexibility index (Phi) is 4.72. The Labute approximate surface area is 134 Å². The van der Waals surface area contributed by atoms with Crippen LogP contribution in [0.25, 0.3) is 0 Å². The molecule has 1 aliphatic carbocycles. The van der Waals surface area contributed by atoms with Crippen molar-refractivity contribution >= 4 is 29.0 Å². The molecule has 1 spiro atoms. The van der Waals surface area contributed by atoms with Crippen molar-refractivity contribution in [3.05, 3.63) is 21.3 Å². The van der Waals surface area contributed by atoms with E-state index in [9.17, 15) is 4.79 Å². The second-order valence-corrected chi connectivity index (χ2v) is 7.75. The van der Waals surface area contributed by atoms with Gasteiger partial charge in [-0.3, -0.25) is 0 Å². The van der Waals surface area contributed by atoms with E-state index in [2.05, 4.69) is 10.6 Å². The summed E-state index contributed by atoms with van der Waals surface area (Å²) in [5, 5.41) is 6.11. The molecular weight excluding hydrogens is 308 g/mol. The Hall–Kier alpha value is -0.780. The zero-order valence-corrected chi connectivity index (χ0v) is 13.6. The number of carbonyl (C=O) groups excluding carboxylic acids is 1. The van der Waals surface area contributed by atoms with Crippen LogP contribution in [0, 0.1) is 5.41 Å². The quantitative estimate of drug-likeness (QED) is 0.891. The third kappa shape index (κ3) is 3.52. The number of amides is 2. The average Bonchev–Trinajstić information content (AvgIpc) is 3.05. The van der Waals surface area contributed by atoms with Crippen molar-refractivity contribution in [3.63, 3.8) is 0 Å². The molecule has 1 saturated heterocycles. The first-order valence-corrected chi connectivity index (χ1v) is 8.74. The van der Waals surface area contributed by atoms with Crippen LogP contribution in [0.1, 0.15) is 37.0 Å². The Morgan fingerprint density at radius 1 is 1.38 bits per heavy atom. The summed E-state index contributed by atoms with van der Waals surface area (Å²) in [5.74, 6) is 0. The van der Waals surface area contributed by atoms with Crippen molar-refractivity contribution in [2.45, 2.75) is 44.7 Å². The van der Waals surface area contributed by atoms with Gasteiger partial charge in [0.2, 0.25) is 0 Å². The van der Waals surface area contributed by atoms with Gasteiger partial charge in [0.15, 0.2) is 0 Å². The minimum atomic E-state index is -0.0720. The molecule has 1 aromatic rings. The van der Waals surface area contributed by atoms with Crippen LogP contribution in [-0.2, 0) is 11.3 Å². The topological polar surface area (TPSA) is 50.4 Å². The molecule has 0 bridgehead atoms. The van der Waals surface area contributed by atoms with E-state index in [0.29, 0.717) is 6.54 Å². The minimum Gasteiger partial charge on any atom is -0.381 e. The van der Waals surface area contributed by atoms with Crippen molar-refractivity contribution in [1.82, 2.24) is 10.6 Å². The summed E-state index contributed by atoms with van der Waals surface area (Å²) in [6.07, 6.45) is 5.63. The maximum absolute atomic E-state index is 12.1. The van der Waals surface area contributed by atoms with Crippen molar-refractivity contribution < 1.29 is 9.53 Å².